The van der Waals surface area contributed by atoms with Crippen molar-refractivity contribution in [2.24, 2.45) is 5.73 Å². The summed E-state index contributed by atoms with van der Waals surface area (Å²) in [6, 6.07) is 4.39. The predicted molar refractivity (Wildman–Crippen MR) is 73.4 cm³/mol. The summed E-state index contributed by atoms with van der Waals surface area (Å²) in [6.07, 6.45) is 1.95. The lowest BCUT2D eigenvalue weighted by molar-refractivity contribution is -0.0375. The van der Waals surface area contributed by atoms with Crippen LogP contribution >= 0.6 is 11.6 Å². The summed E-state index contributed by atoms with van der Waals surface area (Å²) < 4.78 is 19.3. The van der Waals surface area contributed by atoms with Crippen molar-refractivity contribution in [3.05, 3.63) is 34.6 Å². The minimum atomic E-state index is -0.425. The van der Waals surface area contributed by atoms with Crippen LogP contribution in [0.3, 0.4) is 0 Å². The van der Waals surface area contributed by atoms with Gasteiger partial charge in [-0.05, 0) is 31.4 Å². The molecule has 0 aromatic heterocycles. The Kier molecular flexibility index (Phi) is 5.57. The van der Waals surface area contributed by atoms with Crippen LogP contribution in [0.15, 0.2) is 18.2 Å². The Balaban J connectivity index is 2.96. The second kappa shape index (κ2) is 6.50. The van der Waals surface area contributed by atoms with Gasteiger partial charge in [0, 0.05) is 23.7 Å². The molecule has 0 aliphatic rings. The number of hydrogen-bond donors (Lipinski definition) is 1. The molecule has 0 aliphatic carbocycles. The van der Waals surface area contributed by atoms with E-state index in [2.05, 4.69) is 0 Å². The highest BCUT2D eigenvalue weighted by Gasteiger charge is 2.34. The summed E-state index contributed by atoms with van der Waals surface area (Å²) in [4.78, 5) is 0. The van der Waals surface area contributed by atoms with Gasteiger partial charge in [0.1, 0.15) is 5.82 Å². The number of nitrogens with two attached hydrogens (primary N) is 1. The molecule has 2 N–H and O–H groups in total. The maximum atomic E-state index is 13.7. The van der Waals surface area contributed by atoms with E-state index in [-0.39, 0.29) is 11.9 Å². The van der Waals surface area contributed by atoms with Gasteiger partial charge in [-0.25, -0.2) is 4.39 Å². The monoisotopic (exact) mass is 273 g/mol. The van der Waals surface area contributed by atoms with E-state index in [1.54, 1.807) is 19.2 Å². The highest BCUT2D eigenvalue weighted by molar-refractivity contribution is 6.31. The molecule has 102 valence electrons. The second-order valence-electron chi connectivity index (χ2n) is 4.49. The number of ether oxygens (including phenoxy) is 1. The van der Waals surface area contributed by atoms with Crippen LogP contribution in [0, 0.1) is 5.82 Å². The Labute approximate surface area is 113 Å². The van der Waals surface area contributed by atoms with Crippen molar-refractivity contribution < 1.29 is 9.13 Å². The average molecular weight is 274 g/mol. The lowest BCUT2D eigenvalue weighted by Gasteiger charge is -2.36. The SMILES string of the molecule is CCC(CC)(OC)C(N)Cc1c(F)cccc1Cl. The molecule has 1 aromatic carbocycles. The largest absolute Gasteiger partial charge is 0.377 e. The molecule has 0 heterocycles. The minimum Gasteiger partial charge on any atom is -0.377 e. The number of methoxy groups -OCH3 is 1. The second-order valence-corrected chi connectivity index (χ2v) is 4.89. The molecule has 0 bridgehead atoms. The standard InChI is InChI=1S/C14H21ClFNO/c1-4-14(5-2,18-3)13(17)9-10-11(15)7-6-8-12(10)16/h6-8,13H,4-5,9,17H2,1-3H3. The summed E-state index contributed by atoms with van der Waals surface area (Å²) in [5.41, 5.74) is 6.25. The molecule has 4 heteroatoms. The van der Waals surface area contributed by atoms with E-state index >= 15 is 0 Å². The van der Waals surface area contributed by atoms with Crippen LogP contribution in [0.4, 0.5) is 4.39 Å². The fourth-order valence-corrected chi connectivity index (χ4v) is 2.59. The molecular formula is C14H21ClFNO. The number of halogens is 2. The van der Waals surface area contributed by atoms with E-state index in [9.17, 15) is 4.39 Å². The van der Waals surface area contributed by atoms with E-state index in [1.165, 1.54) is 6.07 Å². The molecule has 0 fully saturated rings. The summed E-state index contributed by atoms with van der Waals surface area (Å²) >= 11 is 6.02. The first-order chi connectivity index (χ1) is 8.50. The van der Waals surface area contributed by atoms with Crippen molar-refractivity contribution >= 4 is 11.6 Å². The van der Waals surface area contributed by atoms with E-state index < -0.39 is 5.60 Å². The molecule has 2 nitrogen and oxygen atoms in total. The van der Waals surface area contributed by atoms with Gasteiger partial charge in [-0.1, -0.05) is 31.5 Å². The first-order valence-electron chi connectivity index (χ1n) is 6.24. The van der Waals surface area contributed by atoms with Crippen molar-refractivity contribution in [1.82, 2.24) is 0 Å². The van der Waals surface area contributed by atoms with Gasteiger partial charge in [0.2, 0.25) is 0 Å². The smallest absolute Gasteiger partial charge is 0.127 e. The number of hydrogen-bond acceptors (Lipinski definition) is 2. The molecule has 1 rings (SSSR count). The van der Waals surface area contributed by atoms with Crippen LogP contribution < -0.4 is 5.73 Å². The van der Waals surface area contributed by atoms with E-state index in [0.29, 0.717) is 17.0 Å². The molecule has 1 atom stereocenters. The van der Waals surface area contributed by atoms with Gasteiger partial charge in [-0.3, -0.25) is 0 Å². The normalized spacial score (nSPS) is 13.7. The fraction of sp³-hybridized carbons (Fsp3) is 0.571. The summed E-state index contributed by atoms with van der Waals surface area (Å²) in [5.74, 6) is -0.310. The summed E-state index contributed by atoms with van der Waals surface area (Å²) in [7, 11) is 1.65. The van der Waals surface area contributed by atoms with Crippen molar-refractivity contribution in [2.45, 2.75) is 44.8 Å². The Morgan fingerprint density at radius 1 is 1.39 bits per heavy atom. The third kappa shape index (κ3) is 3.02. The van der Waals surface area contributed by atoms with Gasteiger partial charge in [-0.15, -0.1) is 0 Å². The average Bonchev–Trinajstić information content (AvgIpc) is 2.37. The Bertz CT molecular complexity index is 365. The van der Waals surface area contributed by atoms with Crippen LogP contribution in [0.2, 0.25) is 5.02 Å². The van der Waals surface area contributed by atoms with Crippen LogP contribution in [0.5, 0.6) is 0 Å². The lowest BCUT2D eigenvalue weighted by Crippen LogP contribution is -2.50. The zero-order chi connectivity index (χ0) is 13.8. The molecule has 18 heavy (non-hydrogen) atoms. The van der Waals surface area contributed by atoms with Gasteiger partial charge in [0.15, 0.2) is 0 Å². The van der Waals surface area contributed by atoms with Crippen LogP contribution in [0.25, 0.3) is 0 Å². The molecular weight excluding hydrogens is 253 g/mol. The Morgan fingerprint density at radius 3 is 2.44 bits per heavy atom. The van der Waals surface area contributed by atoms with Crippen LogP contribution in [-0.2, 0) is 11.2 Å². The van der Waals surface area contributed by atoms with E-state index in [4.69, 9.17) is 22.1 Å². The third-order valence-electron chi connectivity index (χ3n) is 3.76. The summed E-state index contributed by atoms with van der Waals surface area (Å²) in [6.45, 7) is 4.05. The van der Waals surface area contributed by atoms with Gasteiger partial charge in [-0.2, -0.15) is 0 Å². The van der Waals surface area contributed by atoms with Crippen molar-refractivity contribution in [3.8, 4) is 0 Å². The number of rotatable bonds is 6. The van der Waals surface area contributed by atoms with Crippen LogP contribution in [-0.4, -0.2) is 18.8 Å². The molecule has 0 saturated carbocycles. The molecule has 0 saturated heterocycles. The van der Waals surface area contributed by atoms with Crippen molar-refractivity contribution in [2.75, 3.05) is 7.11 Å². The maximum absolute atomic E-state index is 13.7. The number of benzene rings is 1. The molecule has 0 amide bonds. The van der Waals surface area contributed by atoms with Gasteiger partial charge in [0.25, 0.3) is 0 Å². The van der Waals surface area contributed by atoms with Gasteiger partial charge in [0.05, 0.1) is 5.60 Å². The van der Waals surface area contributed by atoms with Crippen molar-refractivity contribution in [3.63, 3.8) is 0 Å². The minimum absolute atomic E-state index is 0.285. The third-order valence-corrected chi connectivity index (χ3v) is 4.12. The first-order valence-corrected chi connectivity index (χ1v) is 6.62. The predicted octanol–water partition coefficient (Wildman–Crippen LogP) is 3.55. The molecule has 0 spiro atoms. The topological polar surface area (TPSA) is 35.2 Å². The van der Waals surface area contributed by atoms with E-state index in [0.717, 1.165) is 12.8 Å². The maximum Gasteiger partial charge on any atom is 0.127 e. The first kappa shape index (κ1) is 15.4. The molecule has 0 aliphatic heterocycles. The quantitative estimate of drug-likeness (QED) is 0.860. The Morgan fingerprint density at radius 2 is 2.00 bits per heavy atom. The van der Waals surface area contributed by atoms with Gasteiger partial charge >= 0.3 is 0 Å². The molecule has 1 aromatic rings. The highest BCUT2D eigenvalue weighted by Crippen LogP contribution is 2.28. The zero-order valence-corrected chi connectivity index (χ0v) is 11.9. The highest BCUT2D eigenvalue weighted by atomic mass is 35.5. The van der Waals surface area contributed by atoms with Crippen molar-refractivity contribution in [1.29, 1.82) is 0 Å². The van der Waals surface area contributed by atoms with E-state index in [1.807, 2.05) is 13.8 Å². The molecule has 0 radical (unpaired) electrons. The lowest BCUT2D eigenvalue weighted by atomic mass is 9.85. The van der Waals surface area contributed by atoms with Crippen LogP contribution in [0.1, 0.15) is 32.3 Å². The fourth-order valence-electron chi connectivity index (χ4n) is 2.35. The summed E-state index contributed by atoms with van der Waals surface area (Å²) in [5, 5.41) is 0.419. The Hall–Kier alpha value is -0.640. The van der Waals surface area contributed by atoms with Gasteiger partial charge < -0.3 is 10.5 Å². The molecule has 1 unspecified atom stereocenters. The zero-order valence-electron chi connectivity index (χ0n) is 11.2.